The van der Waals surface area contributed by atoms with Gasteiger partial charge >= 0.3 is 0 Å². The van der Waals surface area contributed by atoms with Crippen LogP contribution in [0.15, 0.2) is 24.3 Å². The molecule has 0 bridgehead atoms. The van der Waals surface area contributed by atoms with Gasteiger partial charge in [0.2, 0.25) is 5.91 Å². The van der Waals surface area contributed by atoms with Gasteiger partial charge in [-0.15, -0.1) is 0 Å². The first-order valence-electron chi connectivity index (χ1n) is 6.97. The normalized spacial score (nSPS) is 17.4. The van der Waals surface area contributed by atoms with Crippen molar-refractivity contribution >= 4 is 35.8 Å². The summed E-state index contributed by atoms with van der Waals surface area (Å²) in [6.45, 7) is 7.13. The molecule has 1 aliphatic heterocycles. The highest BCUT2D eigenvalue weighted by molar-refractivity contribution is 7.81. The van der Waals surface area contributed by atoms with Crippen LogP contribution in [0.25, 0.3) is 0 Å². The summed E-state index contributed by atoms with van der Waals surface area (Å²) in [6.07, 6.45) is 0. The third-order valence-electron chi connectivity index (χ3n) is 3.67. The Morgan fingerprint density at radius 3 is 2.35 bits per heavy atom. The van der Waals surface area contributed by atoms with Gasteiger partial charge in [0.05, 0.1) is 16.0 Å². The Hall–Kier alpha value is -0.870. The zero-order valence-electron chi connectivity index (χ0n) is 11.9. The van der Waals surface area contributed by atoms with E-state index in [0.717, 1.165) is 36.9 Å². The fraction of sp³-hybridized carbons (Fsp3) is 0.533. The van der Waals surface area contributed by atoms with Crippen LogP contribution >= 0.6 is 24.2 Å². The summed E-state index contributed by atoms with van der Waals surface area (Å²) in [5.74, 6) is 0.398. The fourth-order valence-electron chi connectivity index (χ4n) is 2.35. The third-order valence-corrected chi connectivity index (χ3v) is 4.81. The van der Waals surface area contributed by atoms with Crippen molar-refractivity contribution in [3.05, 3.63) is 29.3 Å². The zero-order valence-corrected chi connectivity index (χ0v) is 13.6. The predicted molar refractivity (Wildman–Crippen MR) is 87.9 cm³/mol. The molecule has 1 aromatic carbocycles. The summed E-state index contributed by atoms with van der Waals surface area (Å²) >= 11 is 10.6. The lowest BCUT2D eigenvalue weighted by atomic mass is 10.1. The molecule has 0 saturated carbocycles. The lowest BCUT2D eigenvalue weighted by Gasteiger charge is -2.37. The number of hydrogen-bond acceptors (Lipinski definition) is 3. The minimum Gasteiger partial charge on any atom is -0.367 e. The molecule has 1 saturated heterocycles. The maximum Gasteiger partial charge on any atom is 0.235 e. The largest absolute Gasteiger partial charge is 0.367 e. The van der Waals surface area contributed by atoms with Crippen molar-refractivity contribution in [2.75, 3.05) is 31.1 Å². The van der Waals surface area contributed by atoms with Crippen LogP contribution in [0, 0.1) is 5.92 Å². The van der Waals surface area contributed by atoms with E-state index in [1.165, 1.54) is 0 Å². The van der Waals surface area contributed by atoms with Gasteiger partial charge in [0.25, 0.3) is 0 Å². The number of thiol groups is 1. The van der Waals surface area contributed by atoms with Gasteiger partial charge in [0, 0.05) is 26.2 Å². The molecule has 1 aliphatic rings. The van der Waals surface area contributed by atoms with Crippen LogP contribution in [0.3, 0.4) is 0 Å². The fourth-order valence-corrected chi connectivity index (χ4v) is 2.77. The maximum absolute atomic E-state index is 12.3. The number of benzene rings is 1. The molecular weight excluding hydrogens is 292 g/mol. The highest BCUT2D eigenvalue weighted by atomic mass is 35.5. The standard InChI is InChI=1S/C15H21ClN2OS/c1-11(2)14(20)15(19)18-9-7-17(8-10-18)13-6-4-3-5-12(13)16/h3-6,11,14,20H,7-10H2,1-2H3. The summed E-state index contributed by atoms with van der Waals surface area (Å²) < 4.78 is 0. The average molecular weight is 313 g/mol. The quantitative estimate of drug-likeness (QED) is 0.868. The second kappa shape index (κ2) is 6.72. The lowest BCUT2D eigenvalue weighted by molar-refractivity contribution is -0.131. The van der Waals surface area contributed by atoms with Crippen molar-refractivity contribution in [3.8, 4) is 0 Å². The summed E-state index contributed by atoms with van der Waals surface area (Å²) in [5.41, 5.74) is 1.05. The Bertz CT molecular complexity index is 473. The monoisotopic (exact) mass is 312 g/mol. The third kappa shape index (κ3) is 3.41. The number of hydrogen-bond donors (Lipinski definition) is 1. The number of carbonyl (C=O) groups is 1. The van der Waals surface area contributed by atoms with E-state index in [1.807, 2.05) is 43.0 Å². The van der Waals surface area contributed by atoms with E-state index < -0.39 is 0 Å². The molecule has 1 fully saturated rings. The Morgan fingerprint density at radius 1 is 1.20 bits per heavy atom. The van der Waals surface area contributed by atoms with Crippen LogP contribution < -0.4 is 4.90 Å². The van der Waals surface area contributed by atoms with Crippen LogP contribution in [0.2, 0.25) is 5.02 Å². The van der Waals surface area contributed by atoms with Crippen LogP contribution in [0.5, 0.6) is 0 Å². The van der Waals surface area contributed by atoms with E-state index in [-0.39, 0.29) is 17.1 Å². The lowest BCUT2D eigenvalue weighted by Crippen LogP contribution is -2.51. The molecule has 1 atom stereocenters. The number of amides is 1. The number of rotatable bonds is 3. The van der Waals surface area contributed by atoms with Gasteiger partial charge in [-0.1, -0.05) is 37.6 Å². The van der Waals surface area contributed by atoms with Gasteiger partial charge in [-0.05, 0) is 18.1 Å². The van der Waals surface area contributed by atoms with E-state index in [0.29, 0.717) is 0 Å². The van der Waals surface area contributed by atoms with E-state index in [1.54, 1.807) is 0 Å². The summed E-state index contributed by atoms with van der Waals surface area (Å²) in [7, 11) is 0. The Balaban J connectivity index is 1.96. The minimum atomic E-state index is -0.207. The van der Waals surface area contributed by atoms with Crippen LogP contribution in [0.1, 0.15) is 13.8 Å². The molecule has 20 heavy (non-hydrogen) atoms. The van der Waals surface area contributed by atoms with Gasteiger partial charge in [0.1, 0.15) is 0 Å². The van der Waals surface area contributed by atoms with Crippen molar-refractivity contribution < 1.29 is 4.79 Å². The van der Waals surface area contributed by atoms with Crippen molar-refractivity contribution in [2.24, 2.45) is 5.92 Å². The molecular formula is C15H21ClN2OS. The minimum absolute atomic E-state index is 0.141. The molecule has 3 nitrogen and oxygen atoms in total. The molecule has 0 aromatic heterocycles. The molecule has 5 heteroatoms. The molecule has 1 aromatic rings. The average Bonchev–Trinajstić information content (AvgIpc) is 2.46. The van der Waals surface area contributed by atoms with Crippen LogP contribution in [-0.2, 0) is 4.79 Å². The molecule has 1 unspecified atom stereocenters. The zero-order chi connectivity index (χ0) is 14.7. The second-order valence-corrected chi connectivity index (χ2v) is 6.42. The number of halogens is 1. The van der Waals surface area contributed by atoms with Crippen molar-refractivity contribution in [2.45, 2.75) is 19.1 Å². The van der Waals surface area contributed by atoms with E-state index >= 15 is 0 Å². The highest BCUT2D eigenvalue weighted by Gasteiger charge is 2.27. The number of para-hydroxylation sites is 1. The molecule has 2 rings (SSSR count). The van der Waals surface area contributed by atoms with Crippen molar-refractivity contribution in [3.63, 3.8) is 0 Å². The Labute approximate surface area is 131 Å². The van der Waals surface area contributed by atoms with Crippen molar-refractivity contribution in [1.29, 1.82) is 0 Å². The molecule has 1 amide bonds. The topological polar surface area (TPSA) is 23.6 Å². The first-order valence-corrected chi connectivity index (χ1v) is 7.86. The number of anilines is 1. The first-order chi connectivity index (χ1) is 9.50. The van der Waals surface area contributed by atoms with Gasteiger partial charge in [-0.25, -0.2) is 0 Å². The van der Waals surface area contributed by atoms with Crippen LogP contribution in [-0.4, -0.2) is 42.2 Å². The highest BCUT2D eigenvalue weighted by Crippen LogP contribution is 2.26. The molecule has 0 spiro atoms. The second-order valence-electron chi connectivity index (χ2n) is 5.45. The van der Waals surface area contributed by atoms with E-state index in [9.17, 15) is 4.79 Å². The summed E-state index contributed by atoms with van der Waals surface area (Å²) in [4.78, 5) is 16.4. The molecule has 0 N–H and O–H groups in total. The molecule has 110 valence electrons. The van der Waals surface area contributed by atoms with E-state index in [2.05, 4.69) is 17.5 Å². The van der Waals surface area contributed by atoms with Gasteiger partial charge in [-0.3, -0.25) is 4.79 Å². The van der Waals surface area contributed by atoms with Crippen molar-refractivity contribution in [1.82, 2.24) is 4.90 Å². The first kappa shape index (κ1) is 15.5. The maximum atomic E-state index is 12.3. The number of piperazine rings is 1. The Morgan fingerprint density at radius 2 is 1.80 bits per heavy atom. The van der Waals surface area contributed by atoms with Gasteiger partial charge < -0.3 is 9.80 Å². The molecule has 1 heterocycles. The SMILES string of the molecule is CC(C)C(S)C(=O)N1CCN(c2ccccc2Cl)CC1. The smallest absolute Gasteiger partial charge is 0.235 e. The summed E-state index contributed by atoms with van der Waals surface area (Å²) in [6, 6.07) is 7.84. The molecule has 0 aliphatic carbocycles. The van der Waals surface area contributed by atoms with Crippen LogP contribution in [0.4, 0.5) is 5.69 Å². The molecule has 0 radical (unpaired) electrons. The predicted octanol–water partition coefficient (Wildman–Crippen LogP) is 2.94. The Kier molecular flexibility index (Phi) is 5.22. The summed E-state index contributed by atoms with van der Waals surface area (Å²) in [5, 5.41) is 0.559. The van der Waals surface area contributed by atoms with Gasteiger partial charge in [-0.2, -0.15) is 12.6 Å². The number of carbonyl (C=O) groups excluding carboxylic acids is 1. The number of nitrogens with zero attached hydrogens (tertiary/aromatic N) is 2. The van der Waals surface area contributed by atoms with Gasteiger partial charge in [0.15, 0.2) is 0 Å². The van der Waals surface area contributed by atoms with E-state index in [4.69, 9.17) is 11.6 Å².